The highest BCUT2D eigenvalue weighted by Crippen LogP contribution is 2.30. The summed E-state index contributed by atoms with van der Waals surface area (Å²) in [5.41, 5.74) is 2.33. The molecule has 0 bridgehead atoms. The summed E-state index contributed by atoms with van der Waals surface area (Å²) in [6.07, 6.45) is 3.18. The van der Waals surface area contributed by atoms with Gasteiger partial charge in [0.15, 0.2) is 22.3 Å². The number of pyridine rings is 1. The maximum Gasteiger partial charge on any atom is 0.274 e. The molecule has 6 nitrogen and oxygen atoms in total. The Labute approximate surface area is 156 Å². The fourth-order valence-corrected chi connectivity index (χ4v) is 3.68. The number of nitrogens with zero attached hydrogens (tertiary/aromatic N) is 3. The normalized spacial score (nSPS) is 12.0. The van der Waals surface area contributed by atoms with Crippen LogP contribution >= 0.6 is 11.3 Å². The Morgan fingerprint density at radius 3 is 2.78 bits per heavy atom. The largest absolute Gasteiger partial charge is 0.502 e. The minimum absolute atomic E-state index is 0.00263. The first-order valence-electron chi connectivity index (χ1n) is 8.00. The molecule has 136 valence electrons. The van der Waals surface area contributed by atoms with E-state index in [1.165, 1.54) is 35.0 Å². The molecule has 1 aromatic carbocycles. The van der Waals surface area contributed by atoms with E-state index in [0.717, 1.165) is 11.8 Å². The van der Waals surface area contributed by atoms with Gasteiger partial charge in [0.1, 0.15) is 5.69 Å². The molecule has 0 fully saturated rings. The number of hydrogen-bond donors (Lipinski definition) is 1. The third-order valence-corrected chi connectivity index (χ3v) is 5.01. The van der Waals surface area contributed by atoms with Crippen LogP contribution in [-0.4, -0.2) is 26.6 Å². The lowest BCUT2D eigenvalue weighted by molar-refractivity contribution is 0.357. The molecule has 0 aliphatic rings. The van der Waals surface area contributed by atoms with Crippen molar-refractivity contribution in [3.8, 4) is 22.9 Å². The molecule has 0 aliphatic heterocycles. The Bertz CT molecular complexity index is 1280. The van der Waals surface area contributed by atoms with Gasteiger partial charge in [0.05, 0.1) is 17.3 Å². The molecule has 4 rings (SSSR count). The number of ether oxygens (including phenoxy) is 1. The van der Waals surface area contributed by atoms with Crippen LogP contribution in [0.25, 0.3) is 22.4 Å². The Hall–Kier alpha value is -3.26. The average molecular weight is 383 g/mol. The maximum atomic E-state index is 13.8. The van der Waals surface area contributed by atoms with Crippen LogP contribution in [0.5, 0.6) is 11.5 Å². The second kappa shape index (κ2) is 6.48. The molecule has 0 radical (unpaired) electrons. The number of hydrogen-bond acceptors (Lipinski definition) is 6. The van der Waals surface area contributed by atoms with Crippen LogP contribution in [0.2, 0.25) is 0 Å². The highest BCUT2D eigenvalue weighted by Gasteiger charge is 2.13. The second-order valence-electron chi connectivity index (χ2n) is 5.91. The fourth-order valence-electron chi connectivity index (χ4n) is 2.73. The van der Waals surface area contributed by atoms with Crippen LogP contribution in [0.4, 0.5) is 4.39 Å². The zero-order valence-corrected chi connectivity index (χ0v) is 15.2. The number of fused-ring (bicyclic) bond motifs is 1. The number of phenols is 1. The van der Waals surface area contributed by atoms with Crippen molar-refractivity contribution in [3.63, 3.8) is 0 Å². The van der Waals surface area contributed by atoms with Crippen LogP contribution in [-0.2, 0) is 0 Å². The molecule has 0 amide bonds. The average Bonchev–Trinajstić information content (AvgIpc) is 3.18. The predicted octanol–water partition coefficient (Wildman–Crippen LogP) is 2.53. The SMILES string of the molecule is COc1cc(/C=c2\sc3nc(-c4cccc(C)n4)cn3c2=O)cc(F)c1O. The summed E-state index contributed by atoms with van der Waals surface area (Å²) in [5, 5.41) is 9.59. The second-order valence-corrected chi connectivity index (χ2v) is 6.92. The topological polar surface area (TPSA) is 76.7 Å². The van der Waals surface area contributed by atoms with Gasteiger partial charge >= 0.3 is 0 Å². The van der Waals surface area contributed by atoms with Gasteiger partial charge < -0.3 is 9.84 Å². The minimum Gasteiger partial charge on any atom is -0.502 e. The Kier molecular flexibility index (Phi) is 4.12. The lowest BCUT2D eigenvalue weighted by Crippen LogP contribution is -2.22. The highest BCUT2D eigenvalue weighted by atomic mass is 32.1. The molecular formula is C19H14FN3O3S. The number of benzene rings is 1. The zero-order chi connectivity index (χ0) is 19.1. The van der Waals surface area contributed by atoms with Gasteiger partial charge in [-0.1, -0.05) is 17.4 Å². The summed E-state index contributed by atoms with van der Waals surface area (Å²) >= 11 is 1.19. The van der Waals surface area contributed by atoms with Crippen molar-refractivity contribution in [2.24, 2.45) is 0 Å². The summed E-state index contributed by atoms with van der Waals surface area (Å²) < 4.78 is 20.6. The molecule has 27 heavy (non-hydrogen) atoms. The van der Waals surface area contributed by atoms with Gasteiger partial charge in [-0.15, -0.1) is 0 Å². The first kappa shape index (κ1) is 17.2. The Balaban J connectivity index is 1.82. The number of aromatic hydroxyl groups is 1. The van der Waals surface area contributed by atoms with Gasteiger partial charge in [-0.05, 0) is 42.8 Å². The van der Waals surface area contributed by atoms with Crippen molar-refractivity contribution in [1.82, 2.24) is 14.4 Å². The minimum atomic E-state index is -0.817. The first-order valence-corrected chi connectivity index (χ1v) is 8.82. The third kappa shape index (κ3) is 3.04. The van der Waals surface area contributed by atoms with Crippen molar-refractivity contribution >= 4 is 22.4 Å². The molecule has 0 spiro atoms. The molecular weight excluding hydrogens is 369 g/mol. The summed E-state index contributed by atoms with van der Waals surface area (Å²) in [6, 6.07) is 8.21. The van der Waals surface area contributed by atoms with Gasteiger partial charge in [0.2, 0.25) is 0 Å². The molecule has 0 atom stereocenters. The van der Waals surface area contributed by atoms with E-state index in [9.17, 15) is 14.3 Å². The van der Waals surface area contributed by atoms with Gasteiger partial charge in [-0.2, -0.15) is 0 Å². The molecule has 1 N–H and O–H groups in total. The quantitative estimate of drug-likeness (QED) is 0.588. The standard InChI is InChI=1S/C19H14FN3O3S/c1-10-4-3-5-13(21-10)14-9-23-18(25)16(27-19(23)22-14)8-11-6-12(20)17(24)15(7-11)26-2/h3-9,24H,1-2H3/b16-8-. The first-order chi connectivity index (χ1) is 13.0. The maximum absolute atomic E-state index is 13.8. The molecule has 4 aromatic rings. The number of phenolic OH excluding ortho intramolecular Hbond substituents is 1. The smallest absolute Gasteiger partial charge is 0.274 e. The van der Waals surface area contributed by atoms with Crippen LogP contribution in [0.15, 0.2) is 41.3 Å². The molecule has 0 saturated heterocycles. The number of aryl methyl sites for hydroxylation is 1. The fraction of sp³-hybridized carbons (Fsp3) is 0.105. The molecule has 0 aliphatic carbocycles. The predicted molar refractivity (Wildman–Crippen MR) is 101 cm³/mol. The number of thiazole rings is 1. The molecule has 0 unspecified atom stereocenters. The number of aromatic nitrogens is 3. The Morgan fingerprint density at radius 2 is 2.07 bits per heavy atom. The summed E-state index contributed by atoms with van der Waals surface area (Å²) in [5.74, 6) is -1.38. The summed E-state index contributed by atoms with van der Waals surface area (Å²) in [4.78, 5) is 22.1. The van der Waals surface area contributed by atoms with Crippen molar-refractivity contribution in [2.75, 3.05) is 7.11 Å². The Morgan fingerprint density at radius 1 is 1.26 bits per heavy atom. The van der Waals surface area contributed by atoms with Crippen molar-refractivity contribution < 1.29 is 14.2 Å². The number of imidazole rings is 1. The number of methoxy groups -OCH3 is 1. The highest BCUT2D eigenvalue weighted by molar-refractivity contribution is 7.15. The van der Waals surface area contributed by atoms with Crippen molar-refractivity contribution in [1.29, 1.82) is 0 Å². The van der Waals surface area contributed by atoms with Gasteiger partial charge in [-0.3, -0.25) is 14.2 Å². The van der Waals surface area contributed by atoms with E-state index in [2.05, 4.69) is 9.97 Å². The van der Waals surface area contributed by atoms with E-state index in [-0.39, 0.29) is 11.3 Å². The molecule has 3 aromatic heterocycles. The summed E-state index contributed by atoms with van der Waals surface area (Å²) in [7, 11) is 1.33. The van der Waals surface area contributed by atoms with E-state index in [0.29, 0.717) is 26.4 Å². The summed E-state index contributed by atoms with van der Waals surface area (Å²) in [6.45, 7) is 1.89. The lowest BCUT2D eigenvalue weighted by atomic mass is 10.2. The zero-order valence-electron chi connectivity index (χ0n) is 14.4. The molecule has 3 heterocycles. The van der Waals surface area contributed by atoms with Crippen molar-refractivity contribution in [2.45, 2.75) is 6.92 Å². The van der Waals surface area contributed by atoms with Crippen LogP contribution in [0, 0.1) is 12.7 Å². The van der Waals surface area contributed by atoms with Gasteiger partial charge in [-0.25, -0.2) is 9.37 Å². The van der Waals surface area contributed by atoms with Crippen LogP contribution in [0.1, 0.15) is 11.3 Å². The van der Waals surface area contributed by atoms with Gasteiger partial charge in [0.25, 0.3) is 5.56 Å². The van der Waals surface area contributed by atoms with Crippen LogP contribution < -0.4 is 14.8 Å². The van der Waals surface area contributed by atoms with E-state index < -0.39 is 11.6 Å². The molecule has 8 heteroatoms. The van der Waals surface area contributed by atoms with Crippen molar-refractivity contribution in [3.05, 3.63) is 68.5 Å². The van der Waals surface area contributed by atoms with E-state index in [1.807, 2.05) is 25.1 Å². The number of halogens is 1. The number of rotatable bonds is 3. The van der Waals surface area contributed by atoms with E-state index in [1.54, 1.807) is 6.20 Å². The van der Waals surface area contributed by atoms with Crippen LogP contribution in [0.3, 0.4) is 0 Å². The van der Waals surface area contributed by atoms with Gasteiger partial charge in [0, 0.05) is 11.9 Å². The third-order valence-electron chi connectivity index (χ3n) is 4.02. The monoisotopic (exact) mass is 383 g/mol. The lowest BCUT2D eigenvalue weighted by Gasteiger charge is -2.04. The van der Waals surface area contributed by atoms with E-state index in [4.69, 9.17) is 4.74 Å². The molecule has 0 saturated carbocycles. The van der Waals surface area contributed by atoms with E-state index >= 15 is 0 Å².